The van der Waals surface area contributed by atoms with Gasteiger partial charge in [-0.2, -0.15) is 0 Å². The Labute approximate surface area is 153 Å². The second kappa shape index (κ2) is 9.34. The summed E-state index contributed by atoms with van der Waals surface area (Å²) >= 11 is 0. The Morgan fingerprint density at radius 3 is 2.43 bits per heavy atom. The van der Waals surface area contributed by atoms with Crippen molar-refractivity contribution in [3.05, 3.63) is 59.9 Å². The van der Waals surface area contributed by atoms with Gasteiger partial charge in [0.25, 0.3) is 0 Å². The van der Waals surface area contributed by atoms with Crippen LogP contribution in [0, 0.1) is 5.82 Å². The maximum absolute atomic E-state index is 13.5. The van der Waals surface area contributed by atoms with Crippen molar-refractivity contribution in [1.29, 1.82) is 0 Å². The zero-order valence-corrected chi connectivity index (χ0v) is 15.5. The number of rotatable bonds is 5. The minimum Gasteiger partial charge on any atom is -0.491 e. The first kappa shape index (κ1) is 19.2. The van der Waals surface area contributed by atoms with Gasteiger partial charge in [0, 0.05) is 11.3 Å². The molecule has 0 aliphatic heterocycles. The molecule has 0 aliphatic carbocycles. The molecular weight excluding hydrogens is 408 g/mol. The fourth-order valence-corrected chi connectivity index (χ4v) is 1.87. The summed E-state index contributed by atoms with van der Waals surface area (Å²) in [6, 6.07) is 13.9. The zero-order valence-electron chi connectivity index (χ0n) is 13.1. The van der Waals surface area contributed by atoms with Crippen molar-refractivity contribution in [1.82, 2.24) is 0 Å². The Morgan fingerprint density at radius 2 is 1.83 bits per heavy atom. The summed E-state index contributed by atoms with van der Waals surface area (Å²) in [6.07, 6.45) is 0.131. The smallest absolute Gasteiger partial charge is 0.193 e. The van der Waals surface area contributed by atoms with Gasteiger partial charge in [-0.05, 0) is 44.2 Å². The third-order valence-corrected chi connectivity index (χ3v) is 2.88. The number of guanidine groups is 1. The second-order valence-electron chi connectivity index (χ2n) is 5.11. The average Bonchev–Trinajstić information content (AvgIpc) is 2.48. The Morgan fingerprint density at radius 1 is 1.17 bits per heavy atom. The van der Waals surface area contributed by atoms with Crippen LogP contribution in [-0.2, 0) is 6.54 Å². The van der Waals surface area contributed by atoms with Crippen molar-refractivity contribution in [2.24, 2.45) is 10.7 Å². The average molecular weight is 429 g/mol. The highest BCUT2D eigenvalue weighted by atomic mass is 127. The lowest BCUT2D eigenvalue weighted by molar-refractivity contribution is 0.242. The fraction of sp³-hybridized carbons (Fsp3) is 0.235. The van der Waals surface area contributed by atoms with Gasteiger partial charge in [-0.15, -0.1) is 24.0 Å². The Hall–Kier alpha value is -1.83. The number of anilines is 1. The summed E-state index contributed by atoms with van der Waals surface area (Å²) in [5.41, 5.74) is 7.11. The van der Waals surface area contributed by atoms with Crippen LogP contribution >= 0.6 is 24.0 Å². The van der Waals surface area contributed by atoms with Crippen LogP contribution in [0.5, 0.6) is 5.75 Å². The molecule has 124 valence electrons. The number of nitrogens with one attached hydrogen (secondary N) is 1. The second-order valence-corrected chi connectivity index (χ2v) is 5.11. The first-order chi connectivity index (χ1) is 10.5. The van der Waals surface area contributed by atoms with Crippen LogP contribution in [0.3, 0.4) is 0 Å². The topological polar surface area (TPSA) is 59.6 Å². The minimum absolute atomic E-state index is 0. The van der Waals surface area contributed by atoms with E-state index in [1.807, 2.05) is 38.1 Å². The van der Waals surface area contributed by atoms with E-state index in [0.717, 1.165) is 11.4 Å². The monoisotopic (exact) mass is 429 g/mol. The third kappa shape index (κ3) is 6.43. The van der Waals surface area contributed by atoms with Crippen LogP contribution in [0.2, 0.25) is 0 Å². The van der Waals surface area contributed by atoms with Gasteiger partial charge in [0.05, 0.1) is 12.6 Å². The first-order valence-electron chi connectivity index (χ1n) is 7.11. The number of hydrogen-bond donors (Lipinski definition) is 2. The summed E-state index contributed by atoms with van der Waals surface area (Å²) in [5.74, 6) is 0.748. The maximum atomic E-state index is 13.5. The van der Waals surface area contributed by atoms with E-state index >= 15 is 0 Å². The molecule has 0 atom stereocenters. The molecule has 0 unspecified atom stereocenters. The molecule has 0 heterocycles. The third-order valence-electron chi connectivity index (χ3n) is 2.88. The van der Waals surface area contributed by atoms with Crippen molar-refractivity contribution in [3.63, 3.8) is 0 Å². The molecule has 0 fully saturated rings. The van der Waals surface area contributed by atoms with E-state index in [9.17, 15) is 4.39 Å². The molecule has 3 N–H and O–H groups in total. The van der Waals surface area contributed by atoms with Gasteiger partial charge >= 0.3 is 0 Å². The van der Waals surface area contributed by atoms with Crippen LogP contribution in [-0.4, -0.2) is 12.1 Å². The fourth-order valence-electron chi connectivity index (χ4n) is 1.87. The molecule has 2 rings (SSSR count). The van der Waals surface area contributed by atoms with E-state index in [0.29, 0.717) is 5.56 Å². The molecule has 0 spiro atoms. The molecule has 4 nitrogen and oxygen atoms in total. The molecule has 0 saturated heterocycles. The molecule has 6 heteroatoms. The number of benzene rings is 2. The van der Waals surface area contributed by atoms with Gasteiger partial charge in [0.2, 0.25) is 0 Å². The maximum Gasteiger partial charge on any atom is 0.193 e. The zero-order chi connectivity index (χ0) is 15.9. The summed E-state index contributed by atoms with van der Waals surface area (Å²) in [7, 11) is 0. The molecule has 0 saturated carbocycles. The Kier molecular flexibility index (Phi) is 7.80. The summed E-state index contributed by atoms with van der Waals surface area (Å²) in [4.78, 5) is 4.13. The lowest BCUT2D eigenvalue weighted by Gasteiger charge is -2.11. The molecule has 0 aliphatic rings. The van der Waals surface area contributed by atoms with Gasteiger partial charge in [-0.3, -0.25) is 0 Å². The normalized spacial score (nSPS) is 11.0. The van der Waals surface area contributed by atoms with E-state index in [-0.39, 0.29) is 48.4 Å². The highest BCUT2D eigenvalue weighted by Gasteiger charge is 2.01. The van der Waals surface area contributed by atoms with Crippen LogP contribution in [0.1, 0.15) is 19.4 Å². The Bertz CT molecular complexity index is 645. The number of ether oxygens (including phenoxy) is 1. The molecule has 0 amide bonds. The van der Waals surface area contributed by atoms with Gasteiger partial charge < -0.3 is 15.8 Å². The predicted molar refractivity (Wildman–Crippen MR) is 103 cm³/mol. The summed E-state index contributed by atoms with van der Waals surface area (Å²) < 4.78 is 19.0. The molecular formula is C17H21FIN3O. The molecule has 0 radical (unpaired) electrons. The van der Waals surface area contributed by atoms with Gasteiger partial charge in [-0.25, -0.2) is 9.38 Å². The predicted octanol–water partition coefficient (Wildman–Crippen LogP) is 4.16. The molecule has 0 aromatic heterocycles. The largest absolute Gasteiger partial charge is 0.491 e. The number of aliphatic imine (C=N–C) groups is 1. The molecule has 2 aromatic carbocycles. The van der Waals surface area contributed by atoms with Crippen molar-refractivity contribution >= 4 is 35.6 Å². The van der Waals surface area contributed by atoms with Crippen molar-refractivity contribution < 1.29 is 9.13 Å². The molecule has 23 heavy (non-hydrogen) atoms. The SMILES string of the molecule is CC(C)Oc1ccc(NC(N)=NCc2ccccc2F)cc1.I. The summed E-state index contributed by atoms with van der Waals surface area (Å²) in [5, 5.41) is 2.96. The van der Waals surface area contributed by atoms with E-state index in [4.69, 9.17) is 10.5 Å². The number of nitrogens with two attached hydrogens (primary N) is 1. The van der Waals surface area contributed by atoms with Gasteiger partial charge in [0.15, 0.2) is 5.96 Å². The highest BCUT2D eigenvalue weighted by molar-refractivity contribution is 14.0. The number of nitrogens with zero attached hydrogens (tertiary/aromatic N) is 1. The van der Waals surface area contributed by atoms with Crippen LogP contribution in [0.4, 0.5) is 10.1 Å². The van der Waals surface area contributed by atoms with Crippen molar-refractivity contribution in [2.75, 3.05) is 5.32 Å². The highest BCUT2D eigenvalue weighted by Crippen LogP contribution is 2.16. The van der Waals surface area contributed by atoms with Crippen LogP contribution in [0.15, 0.2) is 53.5 Å². The van der Waals surface area contributed by atoms with E-state index in [2.05, 4.69) is 10.3 Å². The quantitative estimate of drug-likeness (QED) is 0.427. The lowest BCUT2D eigenvalue weighted by Crippen LogP contribution is -2.22. The number of hydrogen-bond acceptors (Lipinski definition) is 2. The lowest BCUT2D eigenvalue weighted by atomic mass is 10.2. The standard InChI is InChI=1S/C17H20FN3O.HI/c1-12(2)22-15-9-7-14(8-10-15)21-17(19)20-11-13-5-3-4-6-16(13)18;/h3-10,12H,11H2,1-2H3,(H3,19,20,21);1H. The van der Waals surface area contributed by atoms with Crippen LogP contribution in [0.25, 0.3) is 0 Å². The van der Waals surface area contributed by atoms with Crippen molar-refractivity contribution in [3.8, 4) is 5.75 Å². The number of halogens is 2. The minimum atomic E-state index is -0.283. The molecule has 2 aromatic rings. The van der Waals surface area contributed by atoms with E-state index in [1.165, 1.54) is 6.07 Å². The van der Waals surface area contributed by atoms with E-state index < -0.39 is 0 Å². The first-order valence-corrected chi connectivity index (χ1v) is 7.11. The van der Waals surface area contributed by atoms with Gasteiger partial charge in [-0.1, -0.05) is 18.2 Å². The molecule has 0 bridgehead atoms. The Balaban J connectivity index is 0.00000264. The van der Waals surface area contributed by atoms with Gasteiger partial charge in [0.1, 0.15) is 11.6 Å². The van der Waals surface area contributed by atoms with E-state index in [1.54, 1.807) is 18.2 Å². The van der Waals surface area contributed by atoms with Crippen molar-refractivity contribution in [2.45, 2.75) is 26.5 Å². The summed E-state index contributed by atoms with van der Waals surface area (Å²) in [6.45, 7) is 4.14. The van der Waals surface area contributed by atoms with Crippen LogP contribution < -0.4 is 15.8 Å².